The van der Waals surface area contributed by atoms with E-state index in [4.69, 9.17) is 4.74 Å². The van der Waals surface area contributed by atoms with Gasteiger partial charge in [-0.25, -0.2) is 4.39 Å². The van der Waals surface area contributed by atoms with Crippen LogP contribution in [0.1, 0.15) is 11.1 Å². The fraction of sp³-hybridized carbons (Fsp3) is 0.278. The van der Waals surface area contributed by atoms with Crippen molar-refractivity contribution in [2.24, 2.45) is 4.99 Å². The topological polar surface area (TPSA) is 65.9 Å². The molecule has 0 radical (unpaired) electrons. The van der Waals surface area contributed by atoms with Crippen molar-refractivity contribution >= 4 is 5.96 Å². The lowest BCUT2D eigenvalue weighted by molar-refractivity contribution is 0.406. The van der Waals surface area contributed by atoms with Crippen LogP contribution in [0.25, 0.3) is 0 Å². The summed E-state index contributed by atoms with van der Waals surface area (Å²) in [6.07, 6.45) is 0.621. The van der Waals surface area contributed by atoms with Gasteiger partial charge < -0.3 is 20.5 Å². The van der Waals surface area contributed by atoms with E-state index in [2.05, 4.69) is 15.6 Å². The number of methoxy groups -OCH3 is 1. The minimum Gasteiger partial charge on any atom is -0.508 e. The van der Waals surface area contributed by atoms with E-state index < -0.39 is 0 Å². The molecule has 0 aliphatic heterocycles. The van der Waals surface area contributed by atoms with Gasteiger partial charge in [0.1, 0.15) is 17.3 Å². The Morgan fingerprint density at radius 1 is 1.17 bits per heavy atom. The van der Waals surface area contributed by atoms with Gasteiger partial charge in [0, 0.05) is 31.8 Å². The molecule has 2 aromatic carbocycles. The molecule has 0 aromatic heterocycles. The number of aliphatic imine (C=N–C) groups is 1. The summed E-state index contributed by atoms with van der Waals surface area (Å²) in [5, 5.41) is 16.1. The van der Waals surface area contributed by atoms with Crippen LogP contribution in [0.2, 0.25) is 0 Å². The minimum atomic E-state index is -0.247. The first kappa shape index (κ1) is 17.6. The first-order valence-electron chi connectivity index (χ1n) is 7.68. The second kappa shape index (κ2) is 8.76. The molecule has 0 aliphatic carbocycles. The van der Waals surface area contributed by atoms with Gasteiger partial charge in [-0.15, -0.1) is 0 Å². The summed E-state index contributed by atoms with van der Waals surface area (Å²) in [5.41, 5.74) is 1.39. The first-order chi connectivity index (χ1) is 11.6. The molecule has 2 rings (SSSR count). The molecular weight excluding hydrogens is 309 g/mol. The van der Waals surface area contributed by atoms with Crippen molar-refractivity contribution in [2.45, 2.75) is 13.0 Å². The molecule has 24 heavy (non-hydrogen) atoms. The summed E-state index contributed by atoms with van der Waals surface area (Å²) in [6, 6.07) is 11.8. The van der Waals surface area contributed by atoms with E-state index in [0.717, 1.165) is 5.56 Å². The Morgan fingerprint density at radius 2 is 1.96 bits per heavy atom. The Hall–Kier alpha value is -2.76. The number of rotatable bonds is 6. The molecule has 0 aliphatic rings. The van der Waals surface area contributed by atoms with E-state index in [9.17, 15) is 9.50 Å². The van der Waals surface area contributed by atoms with Gasteiger partial charge >= 0.3 is 0 Å². The highest BCUT2D eigenvalue weighted by atomic mass is 19.1. The summed E-state index contributed by atoms with van der Waals surface area (Å²) >= 11 is 0. The highest BCUT2D eigenvalue weighted by molar-refractivity contribution is 5.79. The molecule has 128 valence electrons. The number of phenols is 1. The monoisotopic (exact) mass is 331 g/mol. The van der Waals surface area contributed by atoms with Crippen molar-refractivity contribution in [3.8, 4) is 11.5 Å². The average molecular weight is 331 g/mol. The van der Waals surface area contributed by atoms with Crippen molar-refractivity contribution in [3.63, 3.8) is 0 Å². The smallest absolute Gasteiger partial charge is 0.191 e. The highest BCUT2D eigenvalue weighted by Gasteiger charge is 2.05. The van der Waals surface area contributed by atoms with Crippen LogP contribution in [-0.4, -0.2) is 31.8 Å². The van der Waals surface area contributed by atoms with Gasteiger partial charge in [0.15, 0.2) is 5.96 Å². The van der Waals surface area contributed by atoms with Crippen LogP contribution in [0.3, 0.4) is 0 Å². The SMILES string of the molecule is CN=C(NCCc1ccc(OC)cc1O)NCc1ccccc1F. The van der Waals surface area contributed by atoms with Crippen LogP contribution in [0.5, 0.6) is 11.5 Å². The maximum Gasteiger partial charge on any atom is 0.191 e. The molecule has 0 saturated carbocycles. The largest absolute Gasteiger partial charge is 0.508 e. The maximum atomic E-state index is 13.6. The highest BCUT2D eigenvalue weighted by Crippen LogP contribution is 2.23. The number of ether oxygens (including phenoxy) is 1. The third-order valence-electron chi connectivity index (χ3n) is 3.61. The number of hydrogen-bond donors (Lipinski definition) is 3. The zero-order chi connectivity index (χ0) is 17.4. The molecule has 0 atom stereocenters. The molecule has 0 bridgehead atoms. The molecule has 0 spiro atoms. The van der Waals surface area contributed by atoms with E-state index in [1.807, 2.05) is 6.07 Å². The molecule has 0 unspecified atom stereocenters. The number of aromatic hydroxyl groups is 1. The van der Waals surface area contributed by atoms with Gasteiger partial charge in [-0.05, 0) is 24.1 Å². The standard InChI is InChI=1S/C18H22FN3O2/c1-20-18(22-12-14-5-3-4-6-16(14)19)21-10-9-13-7-8-15(24-2)11-17(13)23/h3-8,11,23H,9-10,12H2,1-2H3,(H2,20,21,22). The summed E-state index contributed by atoms with van der Waals surface area (Å²) in [5.74, 6) is 1.15. The minimum absolute atomic E-state index is 0.199. The molecule has 3 N–H and O–H groups in total. The zero-order valence-corrected chi connectivity index (χ0v) is 13.8. The van der Waals surface area contributed by atoms with E-state index in [-0.39, 0.29) is 11.6 Å². The third-order valence-corrected chi connectivity index (χ3v) is 3.61. The predicted molar refractivity (Wildman–Crippen MR) is 93.0 cm³/mol. The van der Waals surface area contributed by atoms with Crippen LogP contribution in [0, 0.1) is 5.82 Å². The van der Waals surface area contributed by atoms with E-state index >= 15 is 0 Å². The second-order valence-corrected chi connectivity index (χ2v) is 5.19. The zero-order valence-electron chi connectivity index (χ0n) is 13.8. The van der Waals surface area contributed by atoms with Gasteiger partial charge in [-0.3, -0.25) is 4.99 Å². The third kappa shape index (κ3) is 4.87. The summed E-state index contributed by atoms with van der Waals surface area (Å²) in [6.45, 7) is 0.928. The van der Waals surface area contributed by atoms with Crippen LogP contribution in [-0.2, 0) is 13.0 Å². The Balaban J connectivity index is 1.83. The molecule has 0 amide bonds. The predicted octanol–water partition coefficient (Wildman–Crippen LogP) is 2.45. The number of phenolic OH excluding ortho intramolecular Hbond substituents is 1. The molecule has 0 heterocycles. The van der Waals surface area contributed by atoms with Crippen LogP contribution in [0.4, 0.5) is 4.39 Å². The van der Waals surface area contributed by atoms with Crippen molar-refractivity contribution in [1.29, 1.82) is 0 Å². The quantitative estimate of drug-likeness (QED) is 0.562. The number of nitrogens with zero attached hydrogens (tertiary/aromatic N) is 1. The number of hydrogen-bond acceptors (Lipinski definition) is 3. The number of nitrogens with one attached hydrogen (secondary N) is 2. The Bertz CT molecular complexity index is 704. The number of benzene rings is 2. The number of guanidine groups is 1. The lowest BCUT2D eigenvalue weighted by Gasteiger charge is -2.13. The van der Waals surface area contributed by atoms with Crippen LogP contribution in [0.15, 0.2) is 47.5 Å². The second-order valence-electron chi connectivity index (χ2n) is 5.19. The molecule has 6 heteroatoms. The van der Waals surface area contributed by atoms with Crippen LogP contribution < -0.4 is 15.4 Å². The summed E-state index contributed by atoms with van der Waals surface area (Å²) in [4.78, 5) is 4.10. The lowest BCUT2D eigenvalue weighted by Crippen LogP contribution is -2.38. The van der Waals surface area contributed by atoms with Gasteiger partial charge in [0.2, 0.25) is 0 Å². The molecular formula is C18H22FN3O2. The van der Waals surface area contributed by atoms with Crippen LogP contribution >= 0.6 is 0 Å². The summed E-state index contributed by atoms with van der Waals surface area (Å²) < 4.78 is 18.6. The van der Waals surface area contributed by atoms with Gasteiger partial charge in [0.05, 0.1) is 7.11 Å². The van der Waals surface area contributed by atoms with Gasteiger partial charge in [-0.1, -0.05) is 24.3 Å². The normalized spacial score (nSPS) is 11.2. The summed E-state index contributed by atoms with van der Waals surface area (Å²) in [7, 11) is 3.21. The lowest BCUT2D eigenvalue weighted by atomic mass is 10.1. The van der Waals surface area contributed by atoms with Gasteiger partial charge in [0.25, 0.3) is 0 Å². The number of halogens is 1. The first-order valence-corrected chi connectivity index (χ1v) is 7.68. The van der Waals surface area contributed by atoms with E-state index in [0.29, 0.717) is 36.8 Å². The van der Waals surface area contributed by atoms with Crippen molar-refractivity contribution in [2.75, 3.05) is 20.7 Å². The van der Waals surface area contributed by atoms with Crippen molar-refractivity contribution in [3.05, 3.63) is 59.4 Å². The Morgan fingerprint density at radius 3 is 2.62 bits per heavy atom. The fourth-order valence-corrected chi connectivity index (χ4v) is 2.24. The Kier molecular flexibility index (Phi) is 6.42. The molecule has 0 fully saturated rings. The fourth-order valence-electron chi connectivity index (χ4n) is 2.24. The van der Waals surface area contributed by atoms with E-state index in [1.165, 1.54) is 6.07 Å². The molecule has 0 saturated heterocycles. The van der Waals surface area contributed by atoms with Crippen molar-refractivity contribution in [1.82, 2.24) is 10.6 Å². The Labute approximate surface area is 141 Å². The maximum absolute atomic E-state index is 13.6. The van der Waals surface area contributed by atoms with Crippen molar-refractivity contribution < 1.29 is 14.2 Å². The molecule has 5 nitrogen and oxygen atoms in total. The van der Waals surface area contributed by atoms with Gasteiger partial charge in [-0.2, -0.15) is 0 Å². The molecule has 2 aromatic rings. The van der Waals surface area contributed by atoms with E-state index in [1.54, 1.807) is 44.5 Å². The average Bonchev–Trinajstić information content (AvgIpc) is 2.60.